The number of anilines is 5. The second kappa shape index (κ2) is 18.0. The van der Waals surface area contributed by atoms with E-state index >= 15 is 0 Å². The number of nitrogens with zero attached hydrogens (tertiary/aromatic N) is 7. The summed E-state index contributed by atoms with van der Waals surface area (Å²) in [6, 6.07) is 8.56. The van der Waals surface area contributed by atoms with Gasteiger partial charge in [0.2, 0.25) is 5.91 Å². The minimum atomic E-state index is -0.901. The maximum atomic E-state index is 14.1. The van der Waals surface area contributed by atoms with E-state index in [0.717, 1.165) is 23.5 Å². The number of methoxy groups -OCH3 is 1. The van der Waals surface area contributed by atoms with E-state index in [0.29, 0.717) is 54.7 Å². The first-order chi connectivity index (χ1) is 25.5. The van der Waals surface area contributed by atoms with Crippen molar-refractivity contribution in [1.82, 2.24) is 24.8 Å². The highest BCUT2D eigenvalue weighted by atomic mass is 32.1. The van der Waals surface area contributed by atoms with Gasteiger partial charge in [0.25, 0.3) is 5.91 Å². The van der Waals surface area contributed by atoms with Crippen molar-refractivity contribution in [1.29, 1.82) is 0 Å². The molecule has 0 bridgehead atoms. The number of aliphatic hydroxyl groups excluding tert-OH is 2. The number of carbonyl (C=O) groups excluding carboxylic acids is 2. The number of hydrogen-bond donors (Lipinski definition) is 4. The zero-order valence-corrected chi connectivity index (χ0v) is 30.7. The summed E-state index contributed by atoms with van der Waals surface area (Å²) in [7, 11) is 5.36. The van der Waals surface area contributed by atoms with E-state index in [-0.39, 0.29) is 54.1 Å². The molecule has 1 aromatic carbocycles. The van der Waals surface area contributed by atoms with Gasteiger partial charge in [0.15, 0.2) is 22.5 Å². The number of piperazine rings is 1. The third-order valence-corrected chi connectivity index (χ3v) is 9.31. The van der Waals surface area contributed by atoms with E-state index in [9.17, 15) is 28.6 Å². The molecule has 4 N–H and O–H groups in total. The molecule has 1 aliphatic heterocycles. The van der Waals surface area contributed by atoms with Gasteiger partial charge >= 0.3 is 0 Å². The molecular formula is C36H43F2N9O5S. The molecule has 3 aromatic heterocycles. The summed E-state index contributed by atoms with van der Waals surface area (Å²) in [5.74, 6) is -1.27. The first kappa shape index (κ1) is 39.0. The van der Waals surface area contributed by atoms with Crippen molar-refractivity contribution in [2.75, 3.05) is 94.1 Å². The van der Waals surface area contributed by atoms with Gasteiger partial charge in [-0.25, -0.2) is 23.7 Å². The van der Waals surface area contributed by atoms with Crippen LogP contribution in [0.15, 0.2) is 60.9 Å². The van der Waals surface area contributed by atoms with E-state index in [1.54, 1.807) is 24.4 Å². The normalized spacial score (nSPS) is 14.5. The fourth-order valence-corrected chi connectivity index (χ4v) is 6.50. The lowest BCUT2D eigenvalue weighted by molar-refractivity contribution is -0.128. The third-order valence-electron chi connectivity index (χ3n) is 8.40. The predicted octanol–water partition coefficient (Wildman–Crippen LogP) is 3.83. The van der Waals surface area contributed by atoms with Gasteiger partial charge in [-0.15, -0.1) is 0 Å². The molecule has 282 valence electrons. The molecule has 1 saturated heterocycles. The number of halogens is 2. The molecule has 4 aromatic rings. The first-order valence-corrected chi connectivity index (χ1v) is 17.7. The molecule has 0 radical (unpaired) electrons. The van der Waals surface area contributed by atoms with Crippen molar-refractivity contribution in [3.05, 3.63) is 77.5 Å². The Balaban J connectivity index is 1.40. The number of carbonyl (C=O) groups is 2. The topological polar surface area (TPSA) is 160 Å². The molecule has 5 rings (SSSR count). The molecule has 1 atom stereocenters. The number of pyridine rings is 2. The maximum absolute atomic E-state index is 14.1. The highest BCUT2D eigenvalue weighted by Crippen LogP contribution is 2.36. The number of para-hydroxylation sites is 1. The van der Waals surface area contributed by atoms with Crippen LogP contribution in [0.2, 0.25) is 0 Å². The van der Waals surface area contributed by atoms with Crippen LogP contribution in [0.4, 0.5) is 36.9 Å². The van der Waals surface area contributed by atoms with Crippen molar-refractivity contribution >= 4 is 51.3 Å². The SMILES string of the molecule is COc1ccc(-c2cnc(N3CCN(C(=O)/C=C/CN(C)C)C(C)C3)c(N(CCO)CCO)c2)nc1Nc1ncc(C(=O)Nc2c(F)cccc2F)s1. The maximum Gasteiger partial charge on any atom is 0.267 e. The van der Waals surface area contributed by atoms with Crippen molar-refractivity contribution in [3.8, 4) is 17.0 Å². The molecule has 1 aliphatic rings. The lowest BCUT2D eigenvalue weighted by Gasteiger charge is -2.41. The minimum absolute atomic E-state index is 0.0464. The van der Waals surface area contributed by atoms with Gasteiger partial charge < -0.3 is 45.2 Å². The van der Waals surface area contributed by atoms with E-state index in [1.165, 1.54) is 19.4 Å². The quantitative estimate of drug-likeness (QED) is 0.130. The van der Waals surface area contributed by atoms with Gasteiger partial charge in [-0.2, -0.15) is 0 Å². The molecule has 1 unspecified atom stereocenters. The van der Waals surface area contributed by atoms with Crippen molar-refractivity contribution < 1.29 is 33.3 Å². The van der Waals surface area contributed by atoms with Crippen LogP contribution in [0.1, 0.15) is 16.6 Å². The van der Waals surface area contributed by atoms with E-state index in [1.807, 2.05) is 47.9 Å². The number of amides is 2. The van der Waals surface area contributed by atoms with Gasteiger partial charge in [0, 0.05) is 63.1 Å². The number of benzene rings is 1. The van der Waals surface area contributed by atoms with Gasteiger partial charge in [-0.1, -0.05) is 23.5 Å². The summed E-state index contributed by atoms with van der Waals surface area (Å²) in [6.45, 7) is 4.39. The van der Waals surface area contributed by atoms with Crippen molar-refractivity contribution in [3.63, 3.8) is 0 Å². The largest absolute Gasteiger partial charge is 0.493 e. The Bertz CT molecular complexity index is 1900. The number of aromatic nitrogens is 3. The number of hydrogen-bond acceptors (Lipinski definition) is 13. The Morgan fingerprint density at radius 3 is 2.47 bits per heavy atom. The third kappa shape index (κ3) is 9.61. The molecular weight excluding hydrogens is 709 g/mol. The molecule has 17 heteroatoms. The summed E-state index contributed by atoms with van der Waals surface area (Å²) < 4.78 is 33.7. The van der Waals surface area contributed by atoms with Crippen molar-refractivity contribution in [2.24, 2.45) is 0 Å². The van der Waals surface area contributed by atoms with E-state index in [4.69, 9.17) is 14.7 Å². The van der Waals surface area contributed by atoms with Crippen LogP contribution in [0.25, 0.3) is 11.3 Å². The summed E-state index contributed by atoms with van der Waals surface area (Å²) in [6.07, 6.45) is 6.43. The Morgan fingerprint density at radius 2 is 1.81 bits per heavy atom. The average Bonchev–Trinajstić information content (AvgIpc) is 3.61. The molecule has 0 aliphatic carbocycles. The summed E-state index contributed by atoms with van der Waals surface area (Å²) in [4.78, 5) is 47.5. The van der Waals surface area contributed by atoms with E-state index < -0.39 is 23.2 Å². The second-order valence-electron chi connectivity index (χ2n) is 12.4. The number of ether oxygens (including phenoxy) is 1. The standard InChI is InChI=1S/C36H43F2N9O5S/c1-23-22-46(13-14-47(23)31(50)9-6-12-44(2)3)34-28(45(15-17-48)16-18-49)19-24(20-39-34)27-10-11-29(52-4)33(41-27)43-36-40-21-30(53-36)35(51)42-32-25(37)7-5-8-26(32)38/h5-11,19-21,23,48-49H,12-18,22H2,1-4H3,(H,42,51)(H,40,41,43)/b9-6+. The van der Waals surface area contributed by atoms with Crippen molar-refractivity contribution in [2.45, 2.75) is 13.0 Å². The molecule has 2 amide bonds. The van der Waals surface area contributed by atoms with Gasteiger partial charge in [0.1, 0.15) is 22.2 Å². The zero-order chi connectivity index (χ0) is 38.1. The Hall–Kier alpha value is -5.23. The van der Waals surface area contributed by atoms with Gasteiger partial charge in [-0.3, -0.25) is 9.59 Å². The summed E-state index contributed by atoms with van der Waals surface area (Å²) in [5.41, 5.74) is 1.27. The lowest BCUT2D eigenvalue weighted by Crippen LogP contribution is -2.54. The molecule has 1 fully saturated rings. The number of thiazole rings is 1. The number of aliphatic hydroxyl groups is 2. The Kier molecular flexibility index (Phi) is 13.2. The Morgan fingerprint density at radius 1 is 1.08 bits per heavy atom. The first-order valence-electron chi connectivity index (χ1n) is 16.9. The zero-order valence-electron chi connectivity index (χ0n) is 29.9. The molecule has 0 saturated carbocycles. The lowest BCUT2D eigenvalue weighted by atomic mass is 10.1. The highest BCUT2D eigenvalue weighted by Gasteiger charge is 2.29. The Labute approximate surface area is 310 Å². The molecule has 4 heterocycles. The summed E-state index contributed by atoms with van der Waals surface area (Å²) in [5, 5.41) is 25.4. The van der Waals surface area contributed by atoms with Gasteiger partial charge in [0.05, 0.1) is 37.9 Å². The number of rotatable bonds is 15. The van der Waals surface area contributed by atoms with Crippen LogP contribution in [-0.2, 0) is 4.79 Å². The molecule has 53 heavy (non-hydrogen) atoms. The highest BCUT2D eigenvalue weighted by molar-refractivity contribution is 7.17. The monoisotopic (exact) mass is 751 g/mol. The van der Waals surface area contributed by atoms with Crippen LogP contribution < -0.4 is 25.2 Å². The summed E-state index contributed by atoms with van der Waals surface area (Å²) >= 11 is 0.953. The average molecular weight is 752 g/mol. The number of likely N-dealkylation sites (N-methyl/N-ethyl adjacent to an activating group) is 1. The minimum Gasteiger partial charge on any atom is -0.493 e. The van der Waals surface area contributed by atoms with Crippen LogP contribution in [-0.4, -0.2) is 127 Å². The fourth-order valence-electron chi connectivity index (χ4n) is 5.79. The smallest absolute Gasteiger partial charge is 0.267 e. The fraction of sp³-hybridized carbons (Fsp3) is 0.361. The van der Waals surface area contributed by atoms with E-state index in [2.05, 4.69) is 20.5 Å². The van der Waals surface area contributed by atoms with Crippen LogP contribution >= 0.6 is 11.3 Å². The van der Waals surface area contributed by atoms with Crippen LogP contribution in [0.3, 0.4) is 0 Å². The second-order valence-corrected chi connectivity index (χ2v) is 13.5. The number of nitrogens with one attached hydrogen (secondary N) is 2. The van der Waals surface area contributed by atoms with Crippen LogP contribution in [0.5, 0.6) is 5.75 Å². The predicted molar refractivity (Wildman–Crippen MR) is 201 cm³/mol. The molecule has 0 spiro atoms. The van der Waals surface area contributed by atoms with Gasteiger partial charge in [-0.05, 0) is 51.4 Å². The molecule has 14 nitrogen and oxygen atoms in total. The van der Waals surface area contributed by atoms with Crippen LogP contribution in [0, 0.1) is 11.6 Å².